The quantitative estimate of drug-likeness (QED) is 0.261. The zero-order chi connectivity index (χ0) is 27.9. The van der Waals surface area contributed by atoms with Crippen LogP contribution < -0.4 is 0 Å². The highest BCUT2D eigenvalue weighted by Crippen LogP contribution is 2.28. The van der Waals surface area contributed by atoms with Crippen molar-refractivity contribution in [2.75, 3.05) is 6.61 Å². The van der Waals surface area contributed by atoms with Crippen molar-refractivity contribution in [1.82, 2.24) is 4.98 Å². The van der Waals surface area contributed by atoms with Crippen LogP contribution in [0.1, 0.15) is 60.5 Å². The first-order valence-electron chi connectivity index (χ1n) is 12.4. The molecule has 1 N–H and O–H groups in total. The number of carbonyl (C=O) groups excluding carboxylic acids is 3. The molecule has 0 bridgehead atoms. The number of pyridine rings is 1. The van der Waals surface area contributed by atoms with E-state index in [2.05, 4.69) is 4.98 Å². The Morgan fingerprint density at radius 1 is 1.03 bits per heavy atom. The molecule has 7 nitrogen and oxygen atoms in total. The van der Waals surface area contributed by atoms with E-state index in [-0.39, 0.29) is 30.9 Å². The van der Waals surface area contributed by atoms with Crippen LogP contribution in [-0.2, 0) is 20.7 Å². The summed E-state index contributed by atoms with van der Waals surface area (Å²) in [5.41, 5.74) is 1.74. The molecule has 0 saturated heterocycles. The van der Waals surface area contributed by atoms with Gasteiger partial charge in [-0.05, 0) is 75.1 Å². The Labute approximate surface area is 227 Å². The molecule has 0 aliphatic rings. The molecule has 38 heavy (non-hydrogen) atoms. The number of hydrogen-bond donors (Lipinski definition) is 1. The fraction of sp³-hybridized carbons (Fsp3) is 0.333. The Balaban J connectivity index is 1.90. The summed E-state index contributed by atoms with van der Waals surface area (Å²) in [5, 5.41) is 11.2. The maximum Gasteiger partial charge on any atom is 0.339 e. The summed E-state index contributed by atoms with van der Waals surface area (Å²) in [6.45, 7) is 7.12. The van der Waals surface area contributed by atoms with Crippen molar-refractivity contribution in [2.45, 2.75) is 52.2 Å². The third-order valence-corrected chi connectivity index (χ3v) is 6.13. The molecule has 0 aliphatic carbocycles. The molecule has 0 aliphatic heterocycles. The number of aliphatic hydroxyl groups is 1. The fourth-order valence-electron chi connectivity index (χ4n) is 4.00. The van der Waals surface area contributed by atoms with Crippen LogP contribution in [0.25, 0.3) is 11.1 Å². The maximum absolute atomic E-state index is 13.4. The summed E-state index contributed by atoms with van der Waals surface area (Å²) >= 11 is 6.30. The van der Waals surface area contributed by atoms with Crippen LogP contribution in [0, 0.1) is 5.92 Å². The number of rotatable bonds is 10. The summed E-state index contributed by atoms with van der Waals surface area (Å²) in [5.74, 6) is -2.44. The van der Waals surface area contributed by atoms with E-state index in [9.17, 15) is 19.5 Å². The lowest BCUT2D eigenvalue weighted by Gasteiger charge is -2.22. The number of aromatic nitrogens is 1. The molecule has 2 aromatic carbocycles. The number of ketones is 1. The number of aliphatic hydroxyl groups excluding tert-OH is 1. The lowest BCUT2D eigenvalue weighted by atomic mass is 9.88. The van der Waals surface area contributed by atoms with E-state index in [0.717, 1.165) is 0 Å². The number of ether oxygens (including phenoxy) is 2. The van der Waals surface area contributed by atoms with Crippen molar-refractivity contribution >= 4 is 29.3 Å². The average Bonchev–Trinajstić information content (AvgIpc) is 2.88. The van der Waals surface area contributed by atoms with E-state index in [1.165, 1.54) is 6.20 Å². The standard InChI is InChI=1S/C30H32ClNO6/c1-5-37-29(36)27(34)21(16-20-10-6-9-13-24(20)31)18-26(33)25-17-19(14-15-32-25)22-11-7-8-12-23(22)28(35)38-30(2,3)4/h6-15,17,21,27,34H,5,16,18H2,1-4H3/t21-,27+/m0/s1. The van der Waals surface area contributed by atoms with Crippen LogP contribution in [0.15, 0.2) is 66.9 Å². The van der Waals surface area contributed by atoms with Crippen LogP contribution >= 0.6 is 11.6 Å². The molecule has 200 valence electrons. The lowest BCUT2D eigenvalue weighted by molar-refractivity contribution is -0.155. The van der Waals surface area contributed by atoms with Crippen molar-refractivity contribution in [3.05, 3.63) is 88.7 Å². The molecule has 0 amide bonds. The van der Waals surface area contributed by atoms with Gasteiger partial charge < -0.3 is 14.6 Å². The summed E-state index contributed by atoms with van der Waals surface area (Å²) in [4.78, 5) is 42.7. The predicted molar refractivity (Wildman–Crippen MR) is 145 cm³/mol. The van der Waals surface area contributed by atoms with Crippen LogP contribution in [0.4, 0.5) is 0 Å². The van der Waals surface area contributed by atoms with Crippen LogP contribution in [0.5, 0.6) is 0 Å². The molecule has 0 spiro atoms. The van der Waals surface area contributed by atoms with Crippen LogP contribution in [0.3, 0.4) is 0 Å². The number of Topliss-reactive ketones (excluding diaryl/α,β-unsaturated/α-hetero) is 1. The van der Waals surface area contributed by atoms with Gasteiger partial charge in [0.1, 0.15) is 11.3 Å². The zero-order valence-electron chi connectivity index (χ0n) is 21.9. The first-order chi connectivity index (χ1) is 18.0. The second-order valence-electron chi connectivity index (χ2n) is 9.86. The van der Waals surface area contributed by atoms with Gasteiger partial charge in [0.2, 0.25) is 0 Å². The molecule has 1 heterocycles. The van der Waals surface area contributed by atoms with E-state index in [1.807, 2.05) is 0 Å². The van der Waals surface area contributed by atoms with E-state index in [0.29, 0.717) is 27.3 Å². The highest BCUT2D eigenvalue weighted by molar-refractivity contribution is 6.31. The molecule has 1 aromatic heterocycles. The molecule has 8 heteroatoms. The molecular formula is C30H32ClNO6. The van der Waals surface area contributed by atoms with Crippen molar-refractivity contribution in [1.29, 1.82) is 0 Å². The minimum atomic E-state index is -1.52. The predicted octanol–water partition coefficient (Wildman–Crippen LogP) is 5.71. The average molecular weight is 538 g/mol. The Bertz CT molecular complexity index is 1300. The highest BCUT2D eigenvalue weighted by atomic mass is 35.5. The molecule has 0 unspecified atom stereocenters. The maximum atomic E-state index is 13.4. The smallest absolute Gasteiger partial charge is 0.339 e. The molecule has 0 saturated carbocycles. The van der Waals surface area contributed by atoms with E-state index >= 15 is 0 Å². The second kappa shape index (κ2) is 12.8. The summed E-state index contributed by atoms with van der Waals surface area (Å²) in [7, 11) is 0. The van der Waals surface area contributed by atoms with Crippen molar-refractivity contribution in [2.24, 2.45) is 5.92 Å². The van der Waals surface area contributed by atoms with E-state index in [4.69, 9.17) is 21.1 Å². The van der Waals surface area contributed by atoms with E-state index < -0.39 is 29.6 Å². The van der Waals surface area contributed by atoms with E-state index in [1.54, 1.807) is 88.4 Å². The van der Waals surface area contributed by atoms with Gasteiger partial charge in [-0.2, -0.15) is 0 Å². The molecule has 0 fully saturated rings. The van der Waals surface area contributed by atoms with Crippen molar-refractivity contribution in [3.63, 3.8) is 0 Å². The Kier molecular flexibility index (Phi) is 9.78. The topological polar surface area (TPSA) is 103 Å². The Morgan fingerprint density at radius 2 is 1.71 bits per heavy atom. The first kappa shape index (κ1) is 29.0. The van der Waals surface area contributed by atoms with Gasteiger partial charge in [-0.15, -0.1) is 0 Å². The van der Waals surface area contributed by atoms with Gasteiger partial charge in [-0.1, -0.05) is 48.0 Å². The number of esters is 2. The lowest BCUT2D eigenvalue weighted by Crippen LogP contribution is -2.34. The normalized spacial score (nSPS) is 12.9. The van der Waals surface area contributed by atoms with Gasteiger partial charge in [0.15, 0.2) is 11.9 Å². The first-order valence-corrected chi connectivity index (χ1v) is 12.8. The minimum Gasteiger partial charge on any atom is -0.464 e. The van der Waals surface area contributed by atoms with Crippen molar-refractivity contribution < 1.29 is 29.0 Å². The third-order valence-electron chi connectivity index (χ3n) is 5.76. The number of benzene rings is 2. The molecular weight excluding hydrogens is 506 g/mol. The Morgan fingerprint density at radius 3 is 2.39 bits per heavy atom. The second-order valence-corrected chi connectivity index (χ2v) is 10.3. The summed E-state index contributed by atoms with van der Waals surface area (Å²) < 4.78 is 10.5. The Hall–Kier alpha value is -3.55. The number of halogens is 1. The third kappa shape index (κ3) is 7.73. The zero-order valence-corrected chi connectivity index (χ0v) is 22.7. The molecule has 0 radical (unpaired) electrons. The van der Waals surface area contributed by atoms with Gasteiger partial charge in [0, 0.05) is 23.6 Å². The van der Waals surface area contributed by atoms with Crippen LogP contribution in [-0.4, -0.2) is 46.1 Å². The minimum absolute atomic E-state index is 0.101. The number of nitrogens with zero attached hydrogens (tertiary/aromatic N) is 1. The molecule has 3 rings (SSSR count). The van der Waals surface area contributed by atoms with Gasteiger partial charge in [0.25, 0.3) is 0 Å². The summed E-state index contributed by atoms with van der Waals surface area (Å²) in [6, 6.07) is 17.3. The number of hydrogen-bond acceptors (Lipinski definition) is 7. The highest BCUT2D eigenvalue weighted by Gasteiger charge is 2.31. The SMILES string of the molecule is CCOC(=O)[C@H](O)[C@H](CC(=O)c1cc(-c2ccccc2C(=O)OC(C)(C)C)ccn1)Cc1ccccc1Cl. The molecule has 3 aromatic rings. The van der Waals surface area contributed by atoms with Gasteiger partial charge in [-0.3, -0.25) is 9.78 Å². The summed E-state index contributed by atoms with van der Waals surface area (Å²) in [6.07, 6.45) is -0.0208. The molecule has 2 atom stereocenters. The van der Waals surface area contributed by atoms with Gasteiger partial charge in [-0.25, -0.2) is 9.59 Å². The largest absolute Gasteiger partial charge is 0.464 e. The van der Waals surface area contributed by atoms with Crippen LogP contribution in [0.2, 0.25) is 5.02 Å². The van der Waals surface area contributed by atoms with Gasteiger partial charge in [0.05, 0.1) is 12.2 Å². The number of carbonyl (C=O) groups is 3. The van der Waals surface area contributed by atoms with Gasteiger partial charge >= 0.3 is 11.9 Å². The monoisotopic (exact) mass is 537 g/mol. The van der Waals surface area contributed by atoms with Crippen molar-refractivity contribution in [3.8, 4) is 11.1 Å². The fourth-order valence-corrected chi connectivity index (χ4v) is 4.21.